The van der Waals surface area contributed by atoms with Crippen molar-refractivity contribution in [2.75, 3.05) is 6.61 Å². The van der Waals surface area contributed by atoms with E-state index in [1.807, 2.05) is 0 Å². The number of aryl methyl sites for hydroxylation is 1. The number of hydrogen-bond acceptors (Lipinski definition) is 5. The van der Waals surface area contributed by atoms with E-state index in [4.69, 9.17) is 5.11 Å². The van der Waals surface area contributed by atoms with Crippen LogP contribution in [-0.4, -0.2) is 38.0 Å². The molecule has 2 unspecified atom stereocenters. The van der Waals surface area contributed by atoms with Crippen molar-refractivity contribution in [3.63, 3.8) is 0 Å². The number of aromatic nitrogens is 2. The molecular formula is C9H14N2O3. The SMILES string of the molecule is Cc1cncc(C(O)C(O)CCO)n1. The molecule has 0 bridgehead atoms. The average molecular weight is 198 g/mol. The van der Waals surface area contributed by atoms with Gasteiger partial charge in [-0.3, -0.25) is 9.97 Å². The van der Waals surface area contributed by atoms with Gasteiger partial charge in [-0.1, -0.05) is 0 Å². The molecule has 3 N–H and O–H groups in total. The molecule has 1 rings (SSSR count). The fraction of sp³-hybridized carbons (Fsp3) is 0.556. The van der Waals surface area contributed by atoms with E-state index >= 15 is 0 Å². The van der Waals surface area contributed by atoms with Crippen molar-refractivity contribution in [1.29, 1.82) is 0 Å². The molecule has 5 nitrogen and oxygen atoms in total. The molecule has 0 aromatic carbocycles. The Kier molecular flexibility index (Phi) is 3.94. The summed E-state index contributed by atoms with van der Waals surface area (Å²) in [5, 5.41) is 27.5. The highest BCUT2D eigenvalue weighted by Gasteiger charge is 2.19. The highest BCUT2D eigenvalue weighted by atomic mass is 16.3. The zero-order valence-electron chi connectivity index (χ0n) is 7.96. The lowest BCUT2D eigenvalue weighted by Crippen LogP contribution is -2.20. The lowest BCUT2D eigenvalue weighted by atomic mass is 10.1. The third-order valence-electron chi connectivity index (χ3n) is 1.87. The first-order chi connectivity index (χ1) is 6.65. The molecule has 1 aromatic rings. The maximum Gasteiger partial charge on any atom is 0.123 e. The lowest BCUT2D eigenvalue weighted by Gasteiger charge is -2.15. The van der Waals surface area contributed by atoms with Crippen molar-refractivity contribution in [3.05, 3.63) is 23.8 Å². The summed E-state index contributed by atoms with van der Waals surface area (Å²) in [6.07, 6.45) is 0.995. The van der Waals surface area contributed by atoms with E-state index in [1.165, 1.54) is 6.20 Å². The third kappa shape index (κ3) is 2.73. The summed E-state index contributed by atoms with van der Waals surface area (Å²) in [5.41, 5.74) is 1.00. The van der Waals surface area contributed by atoms with Gasteiger partial charge < -0.3 is 15.3 Å². The molecule has 0 aliphatic rings. The second-order valence-electron chi connectivity index (χ2n) is 3.11. The number of rotatable bonds is 4. The summed E-state index contributed by atoms with van der Waals surface area (Å²) in [4.78, 5) is 7.87. The van der Waals surface area contributed by atoms with Crippen molar-refractivity contribution >= 4 is 0 Å². The van der Waals surface area contributed by atoms with Gasteiger partial charge in [-0.15, -0.1) is 0 Å². The smallest absolute Gasteiger partial charge is 0.123 e. The fourth-order valence-corrected chi connectivity index (χ4v) is 1.11. The molecular weight excluding hydrogens is 184 g/mol. The minimum absolute atomic E-state index is 0.122. The Morgan fingerprint density at radius 2 is 2.07 bits per heavy atom. The standard InChI is InChI=1S/C9H14N2O3/c1-6-4-10-5-7(11-6)9(14)8(13)2-3-12/h4-5,8-9,12-14H,2-3H2,1H3. The molecule has 0 fully saturated rings. The van der Waals surface area contributed by atoms with Crippen LogP contribution in [-0.2, 0) is 0 Å². The first-order valence-electron chi connectivity index (χ1n) is 4.40. The van der Waals surface area contributed by atoms with E-state index in [2.05, 4.69) is 9.97 Å². The molecule has 0 aliphatic heterocycles. The van der Waals surface area contributed by atoms with Crippen LogP contribution < -0.4 is 0 Å². The third-order valence-corrected chi connectivity index (χ3v) is 1.87. The summed E-state index contributed by atoms with van der Waals surface area (Å²) in [5.74, 6) is 0. The van der Waals surface area contributed by atoms with Gasteiger partial charge in [0.15, 0.2) is 0 Å². The first kappa shape index (κ1) is 11.0. The van der Waals surface area contributed by atoms with E-state index in [0.717, 1.165) is 0 Å². The molecule has 0 aliphatic carbocycles. The van der Waals surface area contributed by atoms with Gasteiger partial charge in [0, 0.05) is 12.8 Å². The van der Waals surface area contributed by atoms with Crippen LogP contribution in [0.2, 0.25) is 0 Å². The van der Waals surface area contributed by atoms with Gasteiger partial charge in [0.2, 0.25) is 0 Å². The van der Waals surface area contributed by atoms with E-state index in [9.17, 15) is 10.2 Å². The van der Waals surface area contributed by atoms with Gasteiger partial charge in [0.25, 0.3) is 0 Å². The van der Waals surface area contributed by atoms with Gasteiger partial charge >= 0.3 is 0 Å². The number of nitrogens with zero attached hydrogens (tertiary/aromatic N) is 2. The zero-order valence-corrected chi connectivity index (χ0v) is 7.96. The minimum atomic E-state index is -1.09. The van der Waals surface area contributed by atoms with Gasteiger partial charge in [-0.2, -0.15) is 0 Å². The predicted molar refractivity (Wildman–Crippen MR) is 49.4 cm³/mol. The second-order valence-corrected chi connectivity index (χ2v) is 3.11. The number of hydrogen-bond donors (Lipinski definition) is 3. The van der Waals surface area contributed by atoms with Crippen molar-refractivity contribution < 1.29 is 15.3 Å². The molecule has 2 atom stereocenters. The Morgan fingerprint density at radius 1 is 1.36 bits per heavy atom. The quantitative estimate of drug-likeness (QED) is 0.610. The van der Waals surface area contributed by atoms with Crippen LogP contribution in [0.3, 0.4) is 0 Å². The maximum absolute atomic E-state index is 9.58. The molecule has 78 valence electrons. The molecule has 1 heterocycles. The van der Waals surface area contributed by atoms with E-state index in [0.29, 0.717) is 11.4 Å². The summed E-state index contributed by atoms with van der Waals surface area (Å²) in [6, 6.07) is 0. The molecule has 0 spiro atoms. The van der Waals surface area contributed by atoms with Crippen molar-refractivity contribution in [3.8, 4) is 0 Å². The van der Waals surface area contributed by atoms with Crippen LogP contribution in [0.5, 0.6) is 0 Å². The summed E-state index contributed by atoms with van der Waals surface area (Å²) < 4.78 is 0. The largest absolute Gasteiger partial charge is 0.396 e. The molecule has 14 heavy (non-hydrogen) atoms. The van der Waals surface area contributed by atoms with Gasteiger partial charge in [-0.05, 0) is 13.3 Å². The van der Waals surface area contributed by atoms with E-state index in [-0.39, 0.29) is 13.0 Å². The first-order valence-corrected chi connectivity index (χ1v) is 4.40. The van der Waals surface area contributed by atoms with Gasteiger partial charge in [0.05, 0.1) is 23.7 Å². The monoisotopic (exact) mass is 198 g/mol. The molecule has 0 radical (unpaired) electrons. The average Bonchev–Trinajstić information content (AvgIpc) is 2.17. The predicted octanol–water partition coefficient (Wildman–Crippen LogP) is -0.438. The van der Waals surface area contributed by atoms with Gasteiger partial charge in [-0.25, -0.2) is 0 Å². The van der Waals surface area contributed by atoms with Crippen molar-refractivity contribution in [2.24, 2.45) is 0 Å². The Labute approximate surface area is 82.1 Å². The highest BCUT2D eigenvalue weighted by Crippen LogP contribution is 2.15. The van der Waals surface area contributed by atoms with Gasteiger partial charge in [0.1, 0.15) is 6.10 Å². The zero-order chi connectivity index (χ0) is 10.6. The molecule has 0 saturated carbocycles. The second kappa shape index (κ2) is 4.99. The summed E-state index contributed by atoms with van der Waals surface area (Å²) in [7, 11) is 0. The Balaban J connectivity index is 2.73. The van der Waals surface area contributed by atoms with Crippen LogP contribution >= 0.6 is 0 Å². The minimum Gasteiger partial charge on any atom is -0.396 e. The van der Waals surface area contributed by atoms with Crippen LogP contribution in [0, 0.1) is 6.92 Å². The molecule has 5 heteroatoms. The molecule has 0 saturated heterocycles. The lowest BCUT2D eigenvalue weighted by molar-refractivity contribution is 0.00164. The van der Waals surface area contributed by atoms with Crippen LogP contribution in [0.25, 0.3) is 0 Å². The normalized spacial score (nSPS) is 15.1. The highest BCUT2D eigenvalue weighted by molar-refractivity contribution is 5.05. The molecule has 1 aromatic heterocycles. The van der Waals surface area contributed by atoms with Crippen molar-refractivity contribution in [2.45, 2.75) is 25.6 Å². The maximum atomic E-state index is 9.58. The summed E-state index contributed by atoms with van der Waals surface area (Å²) >= 11 is 0. The fourth-order valence-electron chi connectivity index (χ4n) is 1.11. The van der Waals surface area contributed by atoms with Crippen LogP contribution in [0.4, 0.5) is 0 Å². The number of aliphatic hydroxyl groups excluding tert-OH is 3. The molecule has 0 amide bonds. The Morgan fingerprint density at radius 3 is 2.64 bits per heavy atom. The van der Waals surface area contributed by atoms with E-state index < -0.39 is 12.2 Å². The summed E-state index contributed by atoms with van der Waals surface area (Å²) in [6.45, 7) is 1.58. The van der Waals surface area contributed by atoms with E-state index in [1.54, 1.807) is 13.1 Å². The Hall–Kier alpha value is -1.04. The van der Waals surface area contributed by atoms with Crippen LogP contribution in [0.1, 0.15) is 23.9 Å². The topological polar surface area (TPSA) is 86.5 Å². The van der Waals surface area contributed by atoms with Crippen LogP contribution in [0.15, 0.2) is 12.4 Å². The van der Waals surface area contributed by atoms with Crippen molar-refractivity contribution in [1.82, 2.24) is 9.97 Å². The number of aliphatic hydroxyl groups is 3. The Bertz CT molecular complexity index is 293.